The maximum Gasteiger partial charge on any atom is 0.227 e. The Morgan fingerprint density at radius 1 is 1.23 bits per heavy atom. The number of hydrogen-bond donors (Lipinski definition) is 1. The maximum absolute atomic E-state index is 12.4. The smallest absolute Gasteiger partial charge is 0.227 e. The average molecular weight is 308 g/mol. The summed E-state index contributed by atoms with van der Waals surface area (Å²) < 4.78 is 15.9. The van der Waals surface area contributed by atoms with E-state index < -0.39 is 0 Å². The van der Waals surface area contributed by atoms with Crippen LogP contribution in [0, 0.1) is 5.92 Å². The first-order valence-electron chi connectivity index (χ1n) is 7.39. The molecule has 6 heteroatoms. The standard InChI is InChI=1S/C16H24N2O4/c1-20-13-6-12(7-14(21-2)16(13)22-3)8-15(19)18-5-4-11(9-17)10-18/h6-7,11H,4-5,8-10,17H2,1-3H3. The largest absolute Gasteiger partial charge is 0.493 e. The molecule has 1 aromatic rings. The molecule has 1 aliphatic heterocycles. The van der Waals surface area contributed by atoms with E-state index in [0.717, 1.165) is 25.1 Å². The third-order valence-corrected chi connectivity index (χ3v) is 4.05. The summed E-state index contributed by atoms with van der Waals surface area (Å²) in [5.74, 6) is 2.18. The molecule has 6 nitrogen and oxygen atoms in total. The summed E-state index contributed by atoms with van der Waals surface area (Å²) >= 11 is 0. The summed E-state index contributed by atoms with van der Waals surface area (Å²) in [6, 6.07) is 3.63. The lowest BCUT2D eigenvalue weighted by atomic mass is 10.1. The third kappa shape index (κ3) is 3.44. The monoisotopic (exact) mass is 308 g/mol. The number of hydrogen-bond acceptors (Lipinski definition) is 5. The van der Waals surface area contributed by atoms with E-state index in [1.54, 1.807) is 21.3 Å². The molecule has 0 aliphatic carbocycles. The fraction of sp³-hybridized carbons (Fsp3) is 0.562. The van der Waals surface area contributed by atoms with Gasteiger partial charge >= 0.3 is 0 Å². The van der Waals surface area contributed by atoms with E-state index in [0.29, 0.717) is 36.1 Å². The first kappa shape index (κ1) is 16.4. The number of carbonyl (C=O) groups excluding carboxylic acids is 1. The molecular weight excluding hydrogens is 284 g/mol. The van der Waals surface area contributed by atoms with Crippen molar-refractivity contribution in [3.63, 3.8) is 0 Å². The summed E-state index contributed by atoms with van der Waals surface area (Å²) in [5.41, 5.74) is 6.51. The van der Waals surface area contributed by atoms with E-state index in [2.05, 4.69) is 0 Å². The van der Waals surface area contributed by atoms with Crippen molar-refractivity contribution < 1.29 is 19.0 Å². The number of nitrogens with two attached hydrogens (primary N) is 1. The number of likely N-dealkylation sites (tertiary alicyclic amines) is 1. The lowest BCUT2D eigenvalue weighted by molar-refractivity contribution is -0.129. The second-order valence-electron chi connectivity index (χ2n) is 5.44. The summed E-state index contributed by atoms with van der Waals surface area (Å²) in [6.45, 7) is 2.17. The van der Waals surface area contributed by atoms with Gasteiger partial charge in [-0.2, -0.15) is 0 Å². The van der Waals surface area contributed by atoms with Gasteiger partial charge in [-0.3, -0.25) is 4.79 Å². The molecule has 2 N–H and O–H groups in total. The quantitative estimate of drug-likeness (QED) is 0.850. The van der Waals surface area contributed by atoms with Crippen molar-refractivity contribution in [1.82, 2.24) is 4.90 Å². The van der Waals surface area contributed by atoms with Crippen LogP contribution in [0.25, 0.3) is 0 Å². The van der Waals surface area contributed by atoms with E-state index >= 15 is 0 Å². The van der Waals surface area contributed by atoms with Gasteiger partial charge < -0.3 is 24.8 Å². The van der Waals surface area contributed by atoms with Crippen molar-refractivity contribution in [3.05, 3.63) is 17.7 Å². The number of amides is 1. The molecule has 1 atom stereocenters. The van der Waals surface area contributed by atoms with Gasteiger partial charge in [0.15, 0.2) is 11.5 Å². The SMILES string of the molecule is COc1cc(CC(=O)N2CCC(CN)C2)cc(OC)c1OC. The minimum atomic E-state index is 0.102. The van der Waals surface area contributed by atoms with Gasteiger partial charge in [-0.05, 0) is 36.6 Å². The Morgan fingerprint density at radius 2 is 1.86 bits per heavy atom. The van der Waals surface area contributed by atoms with Crippen LogP contribution in [-0.2, 0) is 11.2 Å². The Balaban J connectivity index is 2.14. The Hall–Kier alpha value is -1.95. The van der Waals surface area contributed by atoms with Gasteiger partial charge in [0.25, 0.3) is 0 Å². The van der Waals surface area contributed by atoms with Crippen LogP contribution in [0.4, 0.5) is 0 Å². The van der Waals surface area contributed by atoms with Crippen molar-refractivity contribution in [2.45, 2.75) is 12.8 Å². The number of benzene rings is 1. The van der Waals surface area contributed by atoms with Crippen LogP contribution >= 0.6 is 0 Å². The van der Waals surface area contributed by atoms with Crippen molar-refractivity contribution in [2.75, 3.05) is 41.0 Å². The number of carbonyl (C=O) groups is 1. The molecule has 1 heterocycles. The highest BCUT2D eigenvalue weighted by Crippen LogP contribution is 2.38. The second-order valence-corrected chi connectivity index (χ2v) is 5.44. The van der Waals surface area contributed by atoms with Crippen LogP contribution in [0.5, 0.6) is 17.2 Å². The van der Waals surface area contributed by atoms with Crippen molar-refractivity contribution >= 4 is 5.91 Å². The van der Waals surface area contributed by atoms with Crippen molar-refractivity contribution in [2.24, 2.45) is 11.7 Å². The molecule has 0 saturated carbocycles. The first-order valence-corrected chi connectivity index (χ1v) is 7.39. The maximum atomic E-state index is 12.4. The highest BCUT2D eigenvalue weighted by molar-refractivity contribution is 5.79. The van der Waals surface area contributed by atoms with Crippen LogP contribution in [0.3, 0.4) is 0 Å². The second kappa shape index (κ2) is 7.35. The minimum absolute atomic E-state index is 0.102. The Bertz CT molecular complexity index is 508. The molecule has 1 aliphatic rings. The van der Waals surface area contributed by atoms with Gasteiger partial charge in [0, 0.05) is 13.1 Å². The van der Waals surface area contributed by atoms with Crippen molar-refractivity contribution in [1.29, 1.82) is 0 Å². The summed E-state index contributed by atoms with van der Waals surface area (Å²) in [6.07, 6.45) is 1.30. The fourth-order valence-corrected chi connectivity index (χ4v) is 2.78. The molecule has 0 radical (unpaired) electrons. The van der Waals surface area contributed by atoms with Crippen molar-refractivity contribution in [3.8, 4) is 17.2 Å². The van der Waals surface area contributed by atoms with E-state index in [1.165, 1.54) is 0 Å². The van der Waals surface area contributed by atoms with Gasteiger partial charge in [-0.25, -0.2) is 0 Å². The Labute approximate surface area is 131 Å². The van der Waals surface area contributed by atoms with Crippen LogP contribution < -0.4 is 19.9 Å². The number of ether oxygens (including phenoxy) is 3. The molecule has 1 aromatic carbocycles. The van der Waals surface area contributed by atoms with Crippen LogP contribution in [0.15, 0.2) is 12.1 Å². The fourth-order valence-electron chi connectivity index (χ4n) is 2.78. The molecule has 1 amide bonds. The van der Waals surface area contributed by atoms with Crippen LogP contribution in [0.2, 0.25) is 0 Å². The zero-order valence-electron chi connectivity index (χ0n) is 13.4. The van der Waals surface area contributed by atoms with E-state index in [-0.39, 0.29) is 5.91 Å². The molecule has 0 spiro atoms. The molecule has 1 saturated heterocycles. The van der Waals surface area contributed by atoms with E-state index in [9.17, 15) is 4.79 Å². The first-order chi connectivity index (χ1) is 10.6. The molecular formula is C16H24N2O4. The predicted molar refractivity (Wildman–Crippen MR) is 83.5 cm³/mol. The molecule has 22 heavy (non-hydrogen) atoms. The molecule has 1 unspecified atom stereocenters. The Morgan fingerprint density at radius 3 is 2.32 bits per heavy atom. The Kier molecular flexibility index (Phi) is 5.49. The lowest BCUT2D eigenvalue weighted by Gasteiger charge is -2.18. The minimum Gasteiger partial charge on any atom is -0.493 e. The van der Waals surface area contributed by atoms with Gasteiger partial charge in [0.05, 0.1) is 27.8 Å². The molecule has 122 valence electrons. The summed E-state index contributed by atoms with van der Waals surface area (Å²) in [7, 11) is 4.69. The topological polar surface area (TPSA) is 74.0 Å². The lowest BCUT2D eigenvalue weighted by Crippen LogP contribution is -2.31. The molecule has 0 bridgehead atoms. The number of nitrogens with zero attached hydrogens (tertiary/aromatic N) is 1. The number of methoxy groups -OCH3 is 3. The van der Waals surface area contributed by atoms with Gasteiger partial charge in [0.1, 0.15) is 0 Å². The molecule has 2 rings (SSSR count). The summed E-state index contributed by atoms with van der Waals surface area (Å²) in [5, 5.41) is 0. The normalized spacial score (nSPS) is 17.5. The third-order valence-electron chi connectivity index (χ3n) is 4.05. The molecule has 1 fully saturated rings. The zero-order chi connectivity index (χ0) is 16.1. The average Bonchev–Trinajstić information content (AvgIpc) is 3.03. The predicted octanol–water partition coefficient (Wildman–Crippen LogP) is 1.06. The van der Waals surface area contributed by atoms with Crippen LogP contribution in [0.1, 0.15) is 12.0 Å². The van der Waals surface area contributed by atoms with Gasteiger partial charge in [-0.15, -0.1) is 0 Å². The van der Waals surface area contributed by atoms with Gasteiger partial charge in [0.2, 0.25) is 11.7 Å². The van der Waals surface area contributed by atoms with E-state index in [1.807, 2.05) is 17.0 Å². The summed E-state index contributed by atoms with van der Waals surface area (Å²) in [4.78, 5) is 14.3. The van der Waals surface area contributed by atoms with Crippen LogP contribution in [-0.4, -0.2) is 51.8 Å². The molecule has 0 aromatic heterocycles. The van der Waals surface area contributed by atoms with Gasteiger partial charge in [-0.1, -0.05) is 0 Å². The number of rotatable bonds is 6. The highest BCUT2D eigenvalue weighted by Gasteiger charge is 2.25. The zero-order valence-corrected chi connectivity index (χ0v) is 13.4. The van der Waals surface area contributed by atoms with E-state index in [4.69, 9.17) is 19.9 Å². The highest BCUT2D eigenvalue weighted by atomic mass is 16.5.